The number of nitrogens with one attached hydrogen (secondary N) is 4. The number of carbonyl (C=O) groups excluding carboxylic acids is 11. The second kappa shape index (κ2) is 95.5. The number of hydrogen-bond donors (Lipinski definition) is 4. The lowest BCUT2D eigenvalue weighted by Crippen LogP contribution is -2.42. The quantitative estimate of drug-likeness (QED) is 0.0265. The molecule has 27 heteroatoms. The third kappa shape index (κ3) is 131. The number of benzene rings is 2. The minimum Gasteiger partial charge on any atom is -0.465 e. The van der Waals surface area contributed by atoms with Gasteiger partial charge >= 0.3 is 23.9 Å². The minimum absolute atomic E-state index is 0. The Morgan fingerprint density at radius 1 is 0.400 bits per heavy atom. The van der Waals surface area contributed by atoms with Crippen molar-refractivity contribution < 1.29 is 88.5 Å². The minimum atomic E-state index is -2.74. The maximum atomic E-state index is 11.2. The summed E-state index contributed by atoms with van der Waals surface area (Å²) in [4.78, 5) is 127. The largest absolute Gasteiger partial charge is 0.465 e. The third-order valence-electron chi connectivity index (χ3n) is 14.1. The van der Waals surface area contributed by atoms with Crippen molar-refractivity contribution in [1.29, 1.82) is 0 Å². The molecule has 2 aromatic carbocycles. The molecule has 0 unspecified atom stereocenters. The van der Waals surface area contributed by atoms with Crippen molar-refractivity contribution in [3.63, 3.8) is 0 Å². The van der Waals surface area contributed by atoms with Crippen LogP contribution in [0.15, 0.2) is 91.9 Å². The van der Waals surface area contributed by atoms with Crippen molar-refractivity contribution >= 4 is 84.5 Å². The van der Waals surface area contributed by atoms with Gasteiger partial charge in [-0.15, -0.1) is 0 Å². The van der Waals surface area contributed by atoms with E-state index in [2.05, 4.69) is 51.7 Å². The van der Waals surface area contributed by atoms with E-state index in [0.717, 1.165) is 17.7 Å². The molecule has 3 aromatic rings. The summed E-state index contributed by atoms with van der Waals surface area (Å²) in [7, 11) is -5.48. The van der Waals surface area contributed by atoms with Gasteiger partial charge in [-0.2, -0.15) is 0 Å². The van der Waals surface area contributed by atoms with Crippen LogP contribution in [0.2, 0.25) is 0 Å². The summed E-state index contributed by atoms with van der Waals surface area (Å²) in [5.41, 5.74) is 2.17. The van der Waals surface area contributed by atoms with E-state index >= 15 is 0 Å². The molecule has 0 aliphatic carbocycles. The van der Waals surface area contributed by atoms with Crippen LogP contribution in [0.5, 0.6) is 0 Å². The number of ether oxygens (including phenoxy) is 4. The van der Waals surface area contributed by atoms with E-state index in [0.29, 0.717) is 43.9 Å². The number of nitrogens with zero attached hydrogens (tertiary/aromatic N) is 2. The molecule has 3 rings (SSSR count). The topological polar surface area (TPSA) is 367 Å². The first-order chi connectivity index (χ1) is 54.7. The smallest absolute Gasteiger partial charge is 0.308 e. The van der Waals surface area contributed by atoms with Crippen LogP contribution in [0.25, 0.3) is 0 Å². The molecule has 0 bridgehead atoms. The third-order valence-corrected chi connectivity index (χ3v) is 17.5. The Labute approximate surface area is 802 Å². The lowest BCUT2D eigenvalue weighted by molar-refractivity contribution is -0.158. The Balaban J connectivity index is -0.0000000604. The summed E-state index contributed by atoms with van der Waals surface area (Å²) in [6, 6.07) is 19.8. The number of sulfone groups is 2. The summed E-state index contributed by atoms with van der Waals surface area (Å²) in [6.07, 6.45) is 8.59. The number of carbonyl (C=O) groups is 11. The Kier molecular flexibility index (Phi) is 124. The van der Waals surface area contributed by atoms with Crippen LogP contribution in [0.3, 0.4) is 0 Å². The fourth-order valence-electron chi connectivity index (χ4n) is 5.22. The van der Waals surface area contributed by atoms with Gasteiger partial charge in [0, 0.05) is 91.0 Å². The zero-order valence-electron chi connectivity index (χ0n) is 83.0. The summed E-state index contributed by atoms with van der Waals surface area (Å²) in [5.74, 6) is 2.13. The van der Waals surface area contributed by atoms with Crippen molar-refractivity contribution in [3.8, 4) is 0 Å². The molecule has 0 aliphatic heterocycles. The van der Waals surface area contributed by atoms with Gasteiger partial charge in [0.15, 0.2) is 5.78 Å². The molecular weight excluding hydrogens is 1690 g/mol. The Morgan fingerprint density at radius 2 is 0.715 bits per heavy atom. The van der Waals surface area contributed by atoms with Crippen LogP contribution in [0, 0.1) is 76.9 Å². The van der Waals surface area contributed by atoms with E-state index in [1.807, 2.05) is 268 Å². The monoisotopic (exact) mass is 1900 g/mol. The van der Waals surface area contributed by atoms with Gasteiger partial charge in [0.2, 0.25) is 23.6 Å². The molecule has 25 nitrogen and oxygen atoms in total. The van der Waals surface area contributed by atoms with Crippen LogP contribution < -0.4 is 21.3 Å². The summed E-state index contributed by atoms with van der Waals surface area (Å²) < 4.78 is 61.1. The van der Waals surface area contributed by atoms with Gasteiger partial charge in [0.05, 0.1) is 47.0 Å². The van der Waals surface area contributed by atoms with E-state index in [-0.39, 0.29) is 224 Å². The molecule has 0 saturated heterocycles. The molecular formula is C103H208N6O19S2. The highest BCUT2D eigenvalue weighted by Gasteiger charge is 2.19. The van der Waals surface area contributed by atoms with Crippen molar-refractivity contribution in [2.24, 2.45) is 76.9 Å². The summed E-state index contributed by atoms with van der Waals surface area (Å²) in [6.45, 7) is 80.5. The first-order valence-corrected chi connectivity index (χ1v) is 45.9. The molecule has 1 heterocycles. The SMILES string of the molecule is C.C.C.C.C.C.C.C.C.C=CCOC(=O)C(C)C.CC(=O)C(C)C.CC(=O)C(C)C.CC(C)C(=O)NC(C)(C)C.CC(C)C(=O)NCc1ccccc1.CC(C)C(=O)OC(C)(C)C.CC(C)C(=O)OCc1ccccc1.CC(C)C(=O)c1cnccn1.CC(C)CNC(=O)C(C)C.CC(C)COC(=O)C(C)C.CC(C)NC(=O)C(C)C.CC(C)S(C)(=O)=O.CC(C)S(C)(=O)=O. The molecule has 0 aliphatic rings. The van der Waals surface area contributed by atoms with Crippen LogP contribution in [-0.4, -0.2) is 152 Å². The second-order valence-corrected chi connectivity index (χ2v) is 40.7. The highest BCUT2D eigenvalue weighted by atomic mass is 32.2. The van der Waals surface area contributed by atoms with Gasteiger partial charge in [-0.1, -0.05) is 320 Å². The van der Waals surface area contributed by atoms with E-state index in [9.17, 15) is 69.6 Å². The van der Waals surface area contributed by atoms with Gasteiger partial charge in [-0.3, -0.25) is 57.7 Å². The predicted octanol–water partition coefficient (Wildman–Crippen LogP) is 24.1. The van der Waals surface area contributed by atoms with Crippen LogP contribution >= 0.6 is 0 Å². The van der Waals surface area contributed by atoms with Gasteiger partial charge < -0.3 is 40.2 Å². The zero-order valence-corrected chi connectivity index (χ0v) is 84.7. The number of Topliss-reactive ketones (excluding diaryl/α,β-unsaturated/α-hetero) is 3. The average Bonchev–Trinajstić information content (AvgIpc) is 0.901. The van der Waals surface area contributed by atoms with Crippen LogP contribution in [-0.2, 0) is 99.7 Å². The number of ketones is 3. The molecule has 4 N–H and O–H groups in total. The maximum absolute atomic E-state index is 11.2. The molecule has 1 aromatic heterocycles. The number of aromatic nitrogens is 2. The fourth-order valence-corrected chi connectivity index (χ4v) is 5.22. The fraction of sp³-hybridized carbons (Fsp3) is 0.718. The maximum Gasteiger partial charge on any atom is 0.308 e. The highest BCUT2D eigenvalue weighted by molar-refractivity contribution is 7.91. The van der Waals surface area contributed by atoms with Crippen molar-refractivity contribution in [3.05, 3.63) is 109 Å². The molecule has 0 spiro atoms. The Bertz CT molecular complexity index is 3290. The van der Waals surface area contributed by atoms with Crippen LogP contribution in [0.4, 0.5) is 0 Å². The van der Waals surface area contributed by atoms with Gasteiger partial charge in [0.25, 0.3) is 0 Å². The Morgan fingerprint density at radius 3 is 0.938 bits per heavy atom. The van der Waals surface area contributed by atoms with Gasteiger partial charge in [0.1, 0.15) is 55.7 Å². The molecule has 0 saturated carbocycles. The molecule has 0 atom stereocenters. The van der Waals surface area contributed by atoms with Crippen molar-refractivity contribution in [2.45, 2.75) is 385 Å². The standard InChI is InChI=1S/C11H15NO.C11H14O2.C8H10N2O.2C8H17NO.2C8H16O2.C7H15NO.C7H12O2.2C5H10O.2C4H10O2S.9CH4/c1-9(2)11(13)12-8-10-6-4-3-5-7-10;1-9(2)11(12)13-8-10-6-4-3-5-7-10;1-6(2)8(11)7-5-9-3-4-10-7;1-6(2)7(10)9-8(3,4)5;1-6(2)5-9-8(10)7(3)4;1-6(2)7(9)10-8(3,4)5;1-6(2)5-10-8(9)7(3)4;1-5(2)7(9)8-6(3)4;1-4-5-9-7(8)6(2)3;2*1-4(2)5(3)6;2*1-4(2)7(3,5)6;;;;;;;;;/h3-7,9H,8H2,1-2H3,(H,12,13);3-7,9H,8H2,1-2H3;3-6H,1-2H3;6H,1-5H3,(H,9,10);6-7H,5H2,1-4H3,(H,9,10);6H,1-5H3;6-7H,5H2,1-4H3;5-6H,1-4H3,(H,8,9);4,6H,1,5H2,2-3H3;2*4H,1-3H3;2*4H,1-3H3;9*1H4. The number of hydrogen-bond acceptors (Lipinski definition) is 21. The normalized spacial score (nSPS) is 9.89. The van der Waals surface area contributed by atoms with Gasteiger partial charge in [-0.25, -0.2) is 21.8 Å². The summed E-state index contributed by atoms with van der Waals surface area (Å²) in [5, 5.41) is 10.9. The van der Waals surface area contributed by atoms with Crippen molar-refractivity contribution in [1.82, 2.24) is 31.2 Å². The van der Waals surface area contributed by atoms with E-state index in [1.54, 1.807) is 67.7 Å². The molecule has 130 heavy (non-hydrogen) atoms. The average molecular weight is 1900 g/mol. The first-order valence-electron chi connectivity index (χ1n) is 42.0. The first kappa shape index (κ1) is 168. The number of amides is 4. The lowest BCUT2D eigenvalue weighted by atomic mass is 10.1. The number of esters is 4. The van der Waals surface area contributed by atoms with E-state index < -0.39 is 19.7 Å². The van der Waals surface area contributed by atoms with Gasteiger partial charge in [-0.05, 0) is 120 Å². The molecule has 0 fully saturated rings. The van der Waals surface area contributed by atoms with Crippen molar-refractivity contribution in [2.75, 3.05) is 32.3 Å². The number of rotatable bonds is 25. The highest BCUT2D eigenvalue weighted by Crippen LogP contribution is 2.11. The van der Waals surface area contributed by atoms with Crippen LogP contribution in [0.1, 0.15) is 365 Å². The summed E-state index contributed by atoms with van der Waals surface area (Å²) >= 11 is 0. The van der Waals surface area contributed by atoms with E-state index in [4.69, 9.17) is 18.9 Å². The van der Waals surface area contributed by atoms with E-state index in [1.165, 1.54) is 24.9 Å². The lowest BCUT2D eigenvalue weighted by Gasteiger charge is -2.21. The second-order valence-electron chi connectivity index (χ2n) is 35.4. The molecule has 0 radical (unpaired) electrons. The molecule has 776 valence electrons. The predicted molar refractivity (Wildman–Crippen MR) is 558 cm³/mol. The zero-order chi connectivity index (χ0) is 97.8. The molecule has 4 amide bonds. The Hall–Kier alpha value is -8.07.